The van der Waals surface area contributed by atoms with E-state index in [2.05, 4.69) is 27.3 Å². The van der Waals surface area contributed by atoms with Crippen molar-refractivity contribution in [1.82, 2.24) is 10.3 Å². The van der Waals surface area contributed by atoms with Crippen LogP contribution in [-0.4, -0.2) is 35.4 Å². The molecule has 1 aliphatic rings. The zero-order valence-electron chi connectivity index (χ0n) is 13.3. The van der Waals surface area contributed by atoms with Gasteiger partial charge < -0.3 is 10.2 Å². The van der Waals surface area contributed by atoms with Crippen molar-refractivity contribution in [3.63, 3.8) is 0 Å². The molecule has 1 unspecified atom stereocenters. The fourth-order valence-electron chi connectivity index (χ4n) is 3.07. The number of pyridine rings is 1. The Labute approximate surface area is 144 Å². The number of benzene rings is 2. The molecule has 0 aliphatic carbocycles. The van der Waals surface area contributed by atoms with Gasteiger partial charge in [0.15, 0.2) is 0 Å². The second-order valence-corrected chi connectivity index (χ2v) is 7.32. The molecule has 1 N–H and O–H groups in total. The van der Waals surface area contributed by atoms with Gasteiger partial charge in [0.2, 0.25) is 0 Å². The summed E-state index contributed by atoms with van der Waals surface area (Å²) in [6, 6.07) is 17.7. The van der Waals surface area contributed by atoms with E-state index in [-0.39, 0.29) is 0 Å². The van der Waals surface area contributed by atoms with Crippen molar-refractivity contribution >= 4 is 27.4 Å². The largest absolute Gasteiger partial charge is 0.367 e. The number of rotatable bonds is 3. The number of hydrogen-bond acceptors (Lipinski definition) is 4. The number of aromatic nitrogens is 1. The topological polar surface area (TPSA) is 45.2 Å². The highest BCUT2D eigenvalue weighted by Gasteiger charge is 2.15. The second-order valence-electron chi connectivity index (χ2n) is 5.84. The predicted molar refractivity (Wildman–Crippen MR) is 97.9 cm³/mol. The molecule has 0 saturated carbocycles. The molecule has 1 aliphatic heterocycles. The Morgan fingerprint density at radius 3 is 2.54 bits per heavy atom. The quantitative estimate of drug-likeness (QED) is 0.798. The van der Waals surface area contributed by atoms with E-state index >= 15 is 0 Å². The molecule has 2 heterocycles. The first kappa shape index (κ1) is 15.3. The van der Waals surface area contributed by atoms with E-state index in [0.29, 0.717) is 0 Å². The summed E-state index contributed by atoms with van der Waals surface area (Å²) in [4.78, 5) is 8.55. The smallest absolute Gasteiger partial charge is 0.0936 e. The second kappa shape index (κ2) is 6.71. The van der Waals surface area contributed by atoms with Crippen LogP contribution < -0.4 is 10.2 Å². The van der Waals surface area contributed by atoms with Crippen LogP contribution in [0.25, 0.3) is 10.9 Å². The molecule has 1 aromatic heterocycles. The Morgan fingerprint density at radius 1 is 0.958 bits per heavy atom. The molecule has 24 heavy (non-hydrogen) atoms. The number of fused-ring (bicyclic) bond motifs is 1. The van der Waals surface area contributed by atoms with Gasteiger partial charge in [0.05, 0.1) is 26.9 Å². The molecule has 3 aromatic rings. The number of para-hydroxylation sites is 1. The summed E-state index contributed by atoms with van der Waals surface area (Å²) in [5.74, 6) is 0. The lowest BCUT2D eigenvalue weighted by molar-refractivity contribution is 0.590. The molecule has 4 nitrogen and oxygen atoms in total. The van der Waals surface area contributed by atoms with Crippen LogP contribution >= 0.6 is 0 Å². The van der Waals surface area contributed by atoms with Gasteiger partial charge in [-0.1, -0.05) is 30.3 Å². The summed E-state index contributed by atoms with van der Waals surface area (Å²) in [7, 11) is -1.20. The Hall–Kier alpha value is -2.24. The van der Waals surface area contributed by atoms with Crippen molar-refractivity contribution in [3.05, 3.63) is 60.8 Å². The number of nitrogens with zero attached hydrogens (tertiary/aromatic N) is 2. The summed E-state index contributed by atoms with van der Waals surface area (Å²) < 4.78 is 12.7. The predicted octanol–water partition coefficient (Wildman–Crippen LogP) is 2.81. The van der Waals surface area contributed by atoms with Gasteiger partial charge in [-0.15, -0.1) is 0 Å². The number of hydrogen-bond donors (Lipinski definition) is 1. The van der Waals surface area contributed by atoms with Gasteiger partial charge in [-0.3, -0.25) is 4.98 Å². The van der Waals surface area contributed by atoms with Crippen molar-refractivity contribution in [2.45, 2.75) is 9.79 Å². The molecule has 1 fully saturated rings. The van der Waals surface area contributed by atoms with E-state index in [1.54, 1.807) is 6.20 Å². The van der Waals surface area contributed by atoms with Crippen molar-refractivity contribution < 1.29 is 4.21 Å². The minimum absolute atomic E-state index is 0.742. The van der Waals surface area contributed by atoms with E-state index in [4.69, 9.17) is 0 Å². The molecule has 0 radical (unpaired) electrons. The molecule has 2 aromatic carbocycles. The van der Waals surface area contributed by atoms with Crippen LogP contribution in [0.4, 0.5) is 5.69 Å². The maximum absolute atomic E-state index is 12.7. The first-order valence-electron chi connectivity index (χ1n) is 8.14. The average Bonchev–Trinajstić information content (AvgIpc) is 2.68. The lowest BCUT2D eigenvalue weighted by atomic mass is 10.1. The minimum Gasteiger partial charge on any atom is -0.367 e. The Balaban J connectivity index is 1.73. The van der Waals surface area contributed by atoms with Crippen molar-refractivity contribution in [3.8, 4) is 0 Å². The van der Waals surface area contributed by atoms with Crippen LogP contribution in [0.1, 0.15) is 0 Å². The number of anilines is 1. The maximum atomic E-state index is 12.7. The Bertz CT molecular complexity index is 876. The molecule has 4 rings (SSSR count). The third kappa shape index (κ3) is 2.92. The molecule has 0 bridgehead atoms. The van der Waals surface area contributed by atoms with E-state index in [9.17, 15) is 4.21 Å². The van der Waals surface area contributed by atoms with Gasteiger partial charge in [-0.05, 0) is 24.3 Å². The monoisotopic (exact) mass is 337 g/mol. The van der Waals surface area contributed by atoms with Crippen LogP contribution in [0.3, 0.4) is 0 Å². The molecular weight excluding hydrogens is 318 g/mol. The first-order chi connectivity index (χ1) is 11.8. The van der Waals surface area contributed by atoms with E-state index in [0.717, 1.165) is 52.6 Å². The highest BCUT2D eigenvalue weighted by molar-refractivity contribution is 7.85. The molecular formula is C19H19N3OS. The lowest BCUT2D eigenvalue weighted by Gasteiger charge is -2.30. The lowest BCUT2D eigenvalue weighted by Crippen LogP contribution is -2.43. The SMILES string of the molecule is O=S(c1ccccc1)c1cnc2c(N3CCNCC3)cccc2c1. The first-order valence-corrected chi connectivity index (χ1v) is 9.29. The fourth-order valence-corrected chi connectivity index (χ4v) is 4.13. The van der Waals surface area contributed by atoms with E-state index in [1.165, 1.54) is 0 Å². The highest BCUT2D eigenvalue weighted by atomic mass is 32.2. The van der Waals surface area contributed by atoms with Crippen LogP contribution in [-0.2, 0) is 10.8 Å². The van der Waals surface area contributed by atoms with E-state index < -0.39 is 10.8 Å². The summed E-state index contributed by atoms with van der Waals surface area (Å²) in [6.07, 6.45) is 1.75. The zero-order valence-corrected chi connectivity index (χ0v) is 14.1. The third-order valence-electron chi connectivity index (χ3n) is 4.29. The molecule has 1 saturated heterocycles. The van der Waals surface area contributed by atoms with E-state index in [1.807, 2.05) is 42.5 Å². The normalized spacial score (nSPS) is 16.2. The van der Waals surface area contributed by atoms with Gasteiger partial charge in [-0.25, -0.2) is 4.21 Å². The Morgan fingerprint density at radius 2 is 1.75 bits per heavy atom. The summed E-state index contributed by atoms with van der Waals surface area (Å²) in [5, 5.41) is 4.41. The Kier molecular flexibility index (Phi) is 4.28. The van der Waals surface area contributed by atoms with Crippen molar-refractivity contribution in [2.24, 2.45) is 0 Å². The van der Waals surface area contributed by atoms with Crippen LogP contribution in [0.15, 0.2) is 70.6 Å². The molecule has 0 amide bonds. The zero-order chi connectivity index (χ0) is 16.4. The number of piperazine rings is 1. The minimum atomic E-state index is -1.20. The van der Waals surface area contributed by atoms with Gasteiger partial charge in [0.1, 0.15) is 0 Å². The average molecular weight is 337 g/mol. The maximum Gasteiger partial charge on any atom is 0.0936 e. The van der Waals surface area contributed by atoms with Gasteiger partial charge in [0.25, 0.3) is 0 Å². The van der Waals surface area contributed by atoms with Crippen LogP contribution in [0, 0.1) is 0 Å². The highest BCUT2D eigenvalue weighted by Crippen LogP contribution is 2.27. The molecule has 5 heteroatoms. The number of nitrogens with one attached hydrogen (secondary N) is 1. The van der Waals surface area contributed by atoms with Gasteiger partial charge in [0, 0.05) is 42.7 Å². The standard InChI is InChI=1S/C19H19N3OS/c23-24(16-6-2-1-3-7-16)17-13-15-5-4-8-18(19(15)21-14-17)22-11-9-20-10-12-22/h1-8,13-14,20H,9-12H2. The van der Waals surface area contributed by atoms with Crippen LogP contribution in [0.5, 0.6) is 0 Å². The van der Waals surface area contributed by atoms with Gasteiger partial charge in [-0.2, -0.15) is 0 Å². The molecule has 122 valence electrons. The third-order valence-corrected chi connectivity index (χ3v) is 5.65. The van der Waals surface area contributed by atoms with Crippen LogP contribution in [0.2, 0.25) is 0 Å². The summed E-state index contributed by atoms with van der Waals surface area (Å²) in [5.41, 5.74) is 2.14. The summed E-state index contributed by atoms with van der Waals surface area (Å²) in [6.45, 7) is 3.95. The van der Waals surface area contributed by atoms with Crippen molar-refractivity contribution in [1.29, 1.82) is 0 Å². The summed E-state index contributed by atoms with van der Waals surface area (Å²) >= 11 is 0. The molecule has 0 spiro atoms. The van der Waals surface area contributed by atoms with Crippen molar-refractivity contribution in [2.75, 3.05) is 31.1 Å². The molecule has 1 atom stereocenters. The fraction of sp³-hybridized carbons (Fsp3) is 0.211. The van der Waals surface area contributed by atoms with Gasteiger partial charge >= 0.3 is 0 Å².